The van der Waals surface area contributed by atoms with Crippen molar-refractivity contribution >= 4 is 5.69 Å². The minimum atomic E-state index is 0.466. The van der Waals surface area contributed by atoms with Gasteiger partial charge in [0.2, 0.25) is 0 Å². The summed E-state index contributed by atoms with van der Waals surface area (Å²) in [6, 6.07) is 16.3. The van der Waals surface area contributed by atoms with Gasteiger partial charge >= 0.3 is 0 Å². The Balaban J connectivity index is 1.36. The maximum Gasteiger partial charge on any atom is 0.140 e. The third kappa shape index (κ3) is 4.46. The summed E-state index contributed by atoms with van der Waals surface area (Å²) in [5.41, 5.74) is 1.56. The van der Waals surface area contributed by atoms with E-state index in [0.717, 1.165) is 43.9 Å². The fraction of sp³-hybridized carbons (Fsp3) is 0.368. The van der Waals surface area contributed by atoms with Gasteiger partial charge in [-0.3, -0.25) is 0 Å². The molecule has 2 heterocycles. The van der Waals surface area contributed by atoms with Gasteiger partial charge < -0.3 is 15.0 Å². The third-order valence-corrected chi connectivity index (χ3v) is 4.27. The predicted molar refractivity (Wildman–Crippen MR) is 94.1 cm³/mol. The van der Waals surface area contributed by atoms with Gasteiger partial charge in [0.15, 0.2) is 0 Å². The van der Waals surface area contributed by atoms with Crippen molar-refractivity contribution in [1.29, 1.82) is 5.26 Å². The van der Waals surface area contributed by atoms with E-state index in [-0.39, 0.29) is 0 Å². The van der Waals surface area contributed by atoms with Crippen LogP contribution in [0.1, 0.15) is 18.5 Å². The summed E-state index contributed by atoms with van der Waals surface area (Å²) in [6.45, 7) is 3.55. The summed E-state index contributed by atoms with van der Waals surface area (Å²) >= 11 is 0. The molecule has 1 aromatic heterocycles. The van der Waals surface area contributed by atoms with Gasteiger partial charge in [0.05, 0.1) is 11.9 Å². The van der Waals surface area contributed by atoms with Gasteiger partial charge in [0.1, 0.15) is 24.1 Å². The van der Waals surface area contributed by atoms with Gasteiger partial charge in [0, 0.05) is 25.7 Å². The number of pyridine rings is 1. The van der Waals surface area contributed by atoms with Crippen molar-refractivity contribution in [3.8, 4) is 11.8 Å². The minimum Gasteiger partial charge on any atom is -0.492 e. The van der Waals surface area contributed by atoms with E-state index in [1.54, 1.807) is 12.3 Å². The second-order valence-corrected chi connectivity index (χ2v) is 5.89. The molecule has 1 N–H and O–H groups in total. The first-order valence-electron chi connectivity index (χ1n) is 8.37. The average molecular weight is 322 g/mol. The zero-order valence-corrected chi connectivity index (χ0v) is 13.7. The molecule has 0 amide bonds. The molecule has 0 aliphatic carbocycles. The van der Waals surface area contributed by atoms with Gasteiger partial charge in [-0.05, 0) is 37.1 Å². The van der Waals surface area contributed by atoms with Crippen LogP contribution in [-0.2, 0) is 0 Å². The Kier molecular flexibility index (Phi) is 5.65. The number of ether oxygens (including phenoxy) is 1. The van der Waals surface area contributed by atoms with E-state index < -0.39 is 0 Å². The van der Waals surface area contributed by atoms with E-state index in [9.17, 15) is 0 Å². The van der Waals surface area contributed by atoms with Crippen LogP contribution in [0.25, 0.3) is 0 Å². The molecule has 0 bridgehead atoms. The Hall–Kier alpha value is -2.58. The van der Waals surface area contributed by atoms with Crippen LogP contribution in [0.5, 0.6) is 5.75 Å². The van der Waals surface area contributed by atoms with Crippen molar-refractivity contribution < 1.29 is 4.74 Å². The predicted octanol–water partition coefficient (Wildman–Crippen LogP) is 2.59. The number of aromatic nitrogens is 1. The van der Waals surface area contributed by atoms with Crippen LogP contribution >= 0.6 is 0 Å². The highest BCUT2D eigenvalue weighted by Gasteiger charge is 2.19. The molecule has 0 spiro atoms. The molecule has 5 heteroatoms. The highest BCUT2D eigenvalue weighted by atomic mass is 16.5. The highest BCUT2D eigenvalue weighted by molar-refractivity contribution is 5.46. The largest absolute Gasteiger partial charge is 0.492 e. The summed E-state index contributed by atoms with van der Waals surface area (Å²) in [5, 5.41) is 12.4. The zero-order chi connectivity index (χ0) is 16.6. The number of piperidine rings is 1. The molecule has 1 aliphatic heterocycles. The molecule has 24 heavy (non-hydrogen) atoms. The molecule has 0 radical (unpaired) electrons. The molecule has 1 fully saturated rings. The lowest BCUT2D eigenvalue weighted by Crippen LogP contribution is -2.43. The molecule has 0 unspecified atom stereocenters. The lowest BCUT2D eigenvalue weighted by molar-refractivity contribution is 0.296. The summed E-state index contributed by atoms with van der Waals surface area (Å²) in [6.07, 6.45) is 4.00. The Morgan fingerprint density at radius 2 is 1.96 bits per heavy atom. The molecule has 3 rings (SSSR count). The summed E-state index contributed by atoms with van der Waals surface area (Å²) in [4.78, 5) is 6.47. The Morgan fingerprint density at radius 3 is 2.62 bits per heavy atom. The summed E-state index contributed by atoms with van der Waals surface area (Å²) in [7, 11) is 0. The lowest BCUT2D eigenvalue weighted by Gasteiger charge is -2.33. The second-order valence-electron chi connectivity index (χ2n) is 5.89. The van der Waals surface area contributed by atoms with Crippen molar-refractivity contribution in [3.05, 3.63) is 54.4 Å². The maximum absolute atomic E-state index is 8.80. The van der Waals surface area contributed by atoms with Crippen LogP contribution in [-0.4, -0.2) is 37.3 Å². The number of nitrogens with zero attached hydrogens (tertiary/aromatic N) is 3. The van der Waals surface area contributed by atoms with Gasteiger partial charge in [-0.1, -0.05) is 18.2 Å². The van der Waals surface area contributed by atoms with Crippen molar-refractivity contribution in [1.82, 2.24) is 10.3 Å². The first-order valence-corrected chi connectivity index (χ1v) is 8.37. The molecule has 1 aromatic carbocycles. The van der Waals surface area contributed by atoms with E-state index in [1.807, 2.05) is 36.4 Å². The minimum absolute atomic E-state index is 0.466. The normalized spacial score (nSPS) is 15.0. The first-order chi connectivity index (χ1) is 11.8. The molecule has 5 nitrogen and oxygen atoms in total. The first kappa shape index (κ1) is 16.3. The molecule has 2 aromatic rings. The number of benzene rings is 1. The standard InChI is InChI=1S/C19H22N4O/c20-14-17-6-7-18(15-22-17)23-11-8-16(9-12-23)21-10-13-24-19-4-2-1-3-5-19/h1-7,15-16,21H,8-13H2. The van der Waals surface area contributed by atoms with Gasteiger partial charge in [-0.25, -0.2) is 4.98 Å². The van der Waals surface area contributed by atoms with Crippen LogP contribution in [0.3, 0.4) is 0 Å². The summed E-state index contributed by atoms with van der Waals surface area (Å²) < 4.78 is 5.70. The number of hydrogen-bond acceptors (Lipinski definition) is 5. The fourth-order valence-corrected chi connectivity index (χ4v) is 2.93. The van der Waals surface area contributed by atoms with Crippen LogP contribution in [0.4, 0.5) is 5.69 Å². The van der Waals surface area contributed by atoms with E-state index in [4.69, 9.17) is 10.00 Å². The monoisotopic (exact) mass is 322 g/mol. The third-order valence-electron chi connectivity index (χ3n) is 4.27. The number of para-hydroxylation sites is 1. The van der Waals surface area contributed by atoms with Crippen molar-refractivity contribution in [2.24, 2.45) is 0 Å². The molecule has 124 valence electrons. The number of nitrogens with one attached hydrogen (secondary N) is 1. The molecular weight excluding hydrogens is 300 g/mol. The molecule has 0 atom stereocenters. The molecule has 0 saturated carbocycles. The molecular formula is C19H22N4O. The quantitative estimate of drug-likeness (QED) is 0.828. The van der Waals surface area contributed by atoms with Crippen LogP contribution in [0, 0.1) is 11.3 Å². The van der Waals surface area contributed by atoms with Gasteiger partial charge in [0.25, 0.3) is 0 Å². The van der Waals surface area contributed by atoms with Gasteiger partial charge in [-0.15, -0.1) is 0 Å². The Morgan fingerprint density at radius 1 is 1.17 bits per heavy atom. The lowest BCUT2D eigenvalue weighted by atomic mass is 10.0. The highest BCUT2D eigenvalue weighted by Crippen LogP contribution is 2.19. The fourth-order valence-electron chi connectivity index (χ4n) is 2.93. The van der Waals surface area contributed by atoms with Crippen LogP contribution in [0.2, 0.25) is 0 Å². The van der Waals surface area contributed by atoms with Crippen LogP contribution in [0.15, 0.2) is 48.7 Å². The number of hydrogen-bond donors (Lipinski definition) is 1. The number of anilines is 1. The van der Waals surface area contributed by atoms with Crippen molar-refractivity contribution in [2.45, 2.75) is 18.9 Å². The van der Waals surface area contributed by atoms with Crippen LogP contribution < -0.4 is 15.0 Å². The zero-order valence-electron chi connectivity index (χ0n) is 13.7. The SMILES string of the molecule is N#Cc1ccc(N2CCC(NCCOc3ccccc3)CC2)cn1. The van der Waals surface area contributed by atoms with Crippen molar-refractivity contribution in [2.75, 3.05) is 31.1 Å². The van der Waals surface area contributed by atoms with Gasteiger partial charge in [-0.2, -0.15) is 5.26 Å². The van der Waals surface area contributed by atoms with E-state index in [0.29, 0.717) is 18.3 Å². The topological polar surface area (TPSA) is 61.2 Å². The Bertz CT molecular complexity index is 658. The summed E-state index contributed by atoms with van der Waals surface area (Å²) in [5.74, 6) is 0.919. The Labute approximate surface area is 142 Å². The average Bonchev–Trinajstić information content (AvgIpc) is 2.67. The smallest absolute Gasteiger partial charge is 0.140 e. The number of nitriles is 1. The molecule has 1 aliphatic rings. The van der Waals surface area contributed by atoms with E-state index in [1.165, 1.54) is 0 Å². The maximum atomic E-state index is 8.80. The van der Waals surface area contributed by atoms with E-state index in [2.05, 4.69) is 21.3 Å². The number of rotatable bonds is 6. The van der Waals surface area contributed by atoms with E-state index >= 15 is 0 Å². The second kappa shape index (κ2) is 8.32. The van der Waals surface area contributed by atoms with Crippen molar-refractivity contribution in [3.63, 3.8) is 0 Å². The molecule has 1 saturated heterocycles.